The standard InChI is InChI=1S/C7H12N2.C3H6O3/c1-2-3-5-9-6-4-8-7-9;1-2(4)3(5)6/h4,6-7H,2-3,5H2,1H3;2,4H,1H3,(H,5,6)/t;2-/m.0/s1. The number of carboxylic acid groups (broad SMARTS) is 1. The minimum absolute atomic E-state index is 1.13. The van der Waals surface area contributed by atoms with Gasteiger partial charge in [-0.15, -0.1) is 0 Å². The Kier molecular flexibility index (Phi) is 7.27. The van der Waals surface area contributed by atoms with E-state index in [-0.39, 0.29) is 0 Å². The maximum atomic E-state index is 9.34. The molecule has 0 bridgehead atoms. The van der Waals surface area contributed by atoms with Gasteiger partial charge in [-0.2, -0.15) is 0 Å². The van der Waals surface area contributed by atoms with Crippen LogP contribution in [-0.2, 0) is 11.3 Å². The molecule has 0 aliphatic heterocycles. The highest BCUT2D eigenvalue weighted by molar-refractivity contribution is 5.68. The van der Waals surface area contributed by atoms with Crippen molar-refractivity contribution in [3.8, 4) is 0 Å². The number of aromatic nitrogens is 2. The summed E-state index contributed by atoms with van der Waals surface area (Å²) >= 11 is 0. The molecule has 5 heteroatoms. The normalized spacial score (nSPS) is 11.4. The van der Waals surface area contributed by atoms with Gasteiger partial charge >= 0.3 is 0 Å². The molecule has 0 aliphatic carbocycles. The van der Waals surface area contributed by atoms with Gasteiger partial charge in [-0.05, 0) is 13.3 Å². The van der Waals surface area contributed by atoms with Crippen molar-refractivity contribution in [2.75, 3.05) is 0 Å². The van der Waals surface area contributed by atoms with Crippen LogP contribution in [0.2, 0.25) is 0 Å². The summed E-state index contributed by atoms with van der Waals surface area (Å²) in [7, 11) is 0. The fourth-order valence-electron chi connectivity index (χ4n) is 0.800. The summed E-state index contributed by atoms with van der Waals surface area (Å²) in [6, 6.07) is 0. The zero-order valence-corrected chi connectivity index (χ0v) is 9.14. The zero-order valence-electron chi connectivity index (χ0n) is 9.14. The summed E-state index contributed by atoms with van der Waals surface area (Å²) in [6.07, 6.45) is 7.16. The molecule has 1 aromatic rings. The van der Waals surface area contributed by atoms with Crippen molar-refractivity contribution in [3.63, 3.8) is 0 Å². The van der Waals surface area contributed by atoms with Crippen molar-refractivity contribution >= 4 is 5.97 Å². The fourth-order valence-corrected chi connectivity index (χ4v) is 0.800. The number of nitrogens with zero attached hydrogens (tertiary/aromatic N) is 1. The second-order valence-corrected chi connectivity index (χ2v) is 3.20. The van der Waals surface area contributed by atoms with Crippen LogP contribution in [0.5, 0.6) is 0 Å². The Morgan fingerprint density at radius 3 is 2.60 bits per heavy atom. The molecule has 0 saturated heterocycles. The highest BCUT2D eigenvalue weighted by atomic mass is 16.4. The minimum Gasteiger partial charge on any atom is -0.547 e. The number of rotatable bonds is 4. The van der Waals surface area contributed by atoms with Crippen molar-refractivity contribution in [2.45, 2.75) is 39.3 Å². The zero-order chi connectivity index (χ0) is 11.7. The molecule has 5 nitrogen and oxygen atoms in total. The molecule has 0 aliphatic rings. The molecule has 1 heterocycles. The van der Waals surface area contributed by atoms with Gasteiger partial charge in [0.15, 0.2) is 0 Å². The number of aliphatic hydroxyl groups is 1. The van der Waals surface area contributed by atoms with E-state index < -0.39 is 12.1 Å². The number of imidazole rings is 1. The van der Waals surface area contributed by atoms with Crippen molar-refractivity contribution in [1.29, 1.82) is 0 Å². The first-order valence-corrected chi connectivity index (χ1v) is 4.98. The third-order valence-corrected chi connectivity index (χ3v) is 1.71. The first-order chi connectivity index (χ1) is 7.07. The summed E-state index contributed by atoms with van der Waals surface area (Å²) in [4.78, 5) is 12.3. The molecule has 1 rings (SSSR count). The maximum Gasteiger partial charge on any atom is 0.241 e. The highest BCUT2D eigenvalue weighted by Crippen LogP contribution is 1.84. The van der Waals surface area contributed by atoms with Gasteiger partial charge in [0.1, 0.15) is 12.4 Å². The predicted octanol–water partition coefficient (Wildman–Crippen LogP) is -0.781. The molecule has 2 N–H and O–H groups in total. The van der Waals surface area contributed by atoms with E-state index in [2.05, 4.69) is 22.7 Å². The van der Waals surface area contributed by atoms with Gasteiger partial charge in [-0.1, -0.05) is 13.3 Å². The van der Waals surface area contributed by atoms with Gasteiger partial charge in [-0.25, -0.2) is 4.57 Å². The van der Waals surface area contributed by atoms with E-state index in [0.717, 1.165) is 13.5 Å². The predicted molar refractivity (Wildman–Crippen MR) is 52.6 cm³/mol. The van der Waals surface area contributed by atoms with Crippen molar-refractivity contribution in [1.82, 2.24) is 4.98 Å². The van der Waals surface area contributed by atoms with Gasteiger partial charge in [0.05, 0.1) is 18.6 Å². The summed E-state index contributed by atoms with van der Waals surface area (Å²) < 4.78 is 2.16. The lowest BCUT2D eigenvalue weighted by molar-refractivity contribution is -0.696. The van der Waals surface area contributed by atoms with E-state index in [4.69, 9.17) is 5.11 Å². The van der Waals surface area contributed by atoms with E-state index in [1.54, 1.807) is 0 Å². The van der Waals surface area contributed by atoms with Crippen LogP contribution in [0.3, 0.4) is 0 Å². The number of hydrogen-bond acceptors (Lipinski definition) is 3. The van der Waals surface area contributed by atoms with Gasteiger partial charge in [-0.3, -0.25) is 4.98 Å². The Bertz CT molecular complexity index is 258. The van der Waals surface area contributed by atoms with Crippen molar-refractivity contribution in [2.24, 2.45) is 0 Å². The lowest BCUT2D eigenvalue weighted by atomic mass is 10.3. The Balaban J connectivity index is 0.000000288. The van der Waals surface area contributed by atoms with Crippen molar-refractivity contribution < 1.29 is 19.6 Å². The molecule has 0 amide bonds. The first kappa shape index (κ1) is 13.6. The van der Waals surface area contributed by atoms with Crippen LogP contribution in [-0.4, -0.2) is 22.2 Å². The monoisotopic (exact) mass is 214 g/mol. The van der Waals surface area contributed by atoms with Crippen LogP contribution >= 0.6 is 0 Å². The van der Waals surface area contributed by atoms with E-state index in [1.807, 2.05) is 12.5 Å². The quantitative estimate of drug-likeness (QED) is 0.645. The highest BCUT2D eigenvalue weighted by Gasteiger charge is 1.92. The molecule has 1 aromatic heterocycles. The molecular formula is C10H18N2O3. The SMILES string of the molecule is CCCC[n+]1cc[nH]c1.C[C@H](O)C(=O)[O-]. The summed E-state index contributed by atoms with van der Waals surface area (Å²) in [6.45, 7) is 4.47. The molecular weight excluding hydrogens is 196 g/mol. The topological polar surface area (TPSA) is 80.0 Å². The molecule has 15 heavy (non-hydrogen) atoms. The van der Waals surface area contributed by atoms with Gasteiger partial charge in [0, 0.05) is 0 Å². The molecule has 1 atom stereocenters. The third kappa shape index (κ3) is 7.69. The molecule has 0 radical (unpaired) electrons. The van der Waals surface area contributed by atoms with Crippen LogP contribution < -0.4 is 9.67 Å². The molecule has 0 aromatic carbocycles. The number of aliphatic hydroxyl groups excluding tert-OH is 1. The Labute approximate surface area is 89.4 Å². The Hall–Kier alpha value is -1.36. The van der Waals surface area contributed by atoms with E-state index >= 15 is 0 Å². The first-order valence-electron chi connectivity index (χ1n) is 4.98. The second-order valence-electron chi connectivity index (χ2n) is 3.20. The number of aryl methyl sites for hydroxylation is 1. The molecule has 86 valence electrons. The molecule has 0 unspecified atom stereocenters. The summed E-state index contributed by atoms with van der Waals surface area (Å²) in [5.74, 6) is -1.44. The van der Waals surface area contributed by atoms with Crippen LogP contribution in [0.1, 0.15) is 26.7 Å². The smallest absolute Gasteiger partial charge is 0.241 e. The van der Waals surface area contributed by atoms with Gasteiger partial charge in [0.2, 0.25) is 6.33 Å². The number of carboxylic acids is 1. The van der Waals surface area contributed by atoms with Crippen LogP contribution in [0.4, 0.5) is 0 Å². The van der Waals surface area contributed by atoms with E-state index in [1.165, 1.54) is 12.8 Å². The number of H-pyrrole nitrogens is 1. The molecule has 0 spiro atoms. The minimum atomic E-state index is -1.44. The van der Waals surface area contributed by atoms with Gasteiger partial charge in [0.25, 0.3) is 0 Å². The molecule has 0 saturated carbocycles. The maximum absolute atomic E-state index is 9.34. The second kappa shape index (κ2) is 7.99. The summed E-state index contributed by atoms with van der Waals surface area (Å²) in [5, 5.41) is 17.3. The van der Waals surface area contributed by atoms with Gasteiger partial charge < -0.3 is 15.0 Å². The Morgan fingerprint density at radius 2 is 2.27 bits per heavy atom. The number of aliphatic carboxylic acids is 1. The van der Waals surface area contributed by atoms with E-state index in [0.29, 0.717) is 0 Å². The summed E-state index contributed by atoms with van der Waals surface area (Å²) in [5.41, 5.74) is 0. The number of nitrogens with one attached hydrogen (secondary N) is 1. The molecule has 0 fully saturated rings. The third-order valence-electron chi connectivity index (χ3n) is 1.71. The number of carbonyl (C=O) groups excluding carboxylic acids is 1. The number of unbranched alkanes of at least 4 members (excludes halogenated alkanes) is 1. The average Bonchev–Trinajstić information content (AvgIpc) is 2.68. The van der Waals surface area contributed by atoms with Crippen LogP contribution in [0, 0.1) is 0 Å². The average molecular weight is 214 g/mol. The Morgan fingerprint density at radius 1 is 1.67 bits per heavy atom. The fraction of sp³-hybridized carbons (Fsp3) is 0.600. The lowest BCUT2D eigenvalue weighted by Crippen LogP contribution is -2.32. The number of hydrogen-bond donors (Lipinski definition) is 2. The number of carbonyl (C=O) groups is 1. The van der Waals surface area contributed by atoms with Crippen molar-refractivity contribution in [3.05, 3.63) is 18.7 Å². The van der Waals surface area contributed by atoms with Crippen LogP contribution in [0.15, 0.2) is 18.7 Å². The van der Waals surface area contributed by atoms with Crippen LogP contribution in [0.25, 0.3) is 0 Å². The number of aromatic amines is 1. The largest absolute Gasteiger partial charge is 0.547 e. The van der Waals surface area contributed by atoms with E-state index in [9.17, 15) is 9.90 Å². The lowest BCUT2D eigenvalue weighted by Gasteiger charge is -2.00.